The van der Waals surface area contributed by atoms with Gasteiger partial charge in [-0.25, -0.2) is 4.98 Å². The maximum absolute atomic E-state index is 12.9. The van der Waals surface area contributed by atoms with E-state index in [0.717, 1.165) is 52.1 Å². The number of nitrogens with zero attached hydrogens (tertiary/aromatic N) is 3. The molecule has 5 nitrogen and oxygen atoms in total. The molecule has 1 saturated heterocycles. The van der Waals surface area contributed by atoms with E-state index in [-0.39, 0.29) is 5.91 Å². The number of fused-ring (bicyclic) bond motifs is 1. The Labute approximate surface area is 179 Å². The predicted octanol–water partition coefficient (Wildman–Crippen LogP) is 5.09. The number of amides is 1. The maximum atomic E-state index is 12.9. The largest absolute Gasteiger partial charge is 0.494 e. The molecule has 0 unspecified atom stereocenters. The van der Waals surface area contributed by atoms with Crippen molar-refractivity contribution in [3.8, 4) is 5.75 Å². The molecule has 152 valence electrons. The van der Waals surface area contributed by atoms with Gasteiger partial charge in [0.1, 0.15) is 5.75 Å². The van der Waals surface area contributed by atoms with Crippen LogP contribution in [-0.4, -0.2) is 48.6 Å². The molecule has 1 aliphatic rings. The molecule has 0 saturated carbocycles. The Morgan fingerprint density at radius 2 is 2.00 bits per heavy atom. The van der Waals surface area contributed by atoms with E-state index in [1.165, 1.54) is 0 Å². The minimum Gasteiger partial charge on any atom is -0.494 e. The van der Waals surface area contributed by atoms with Gasteiger partial charge in [0.15, 0.2) is 5.13 Å². The summed E-state index contributed by atoms with van der Waals surface area (Å²) in [6.07, 6.45) is 2.10. The Bertz CT molecular complexity index is 999. The molecule has 2 heterocycles. The minimum absolute atomic E-state index is 0.0571. The Morgan fingerprint density at radius 3 is 2.79 bits per heavy atom. The summed E-state index contributed by atoms with van der Waals surface area (Å²) in [6.45, 7) is 5.71. The molecule has 1 amide bonds. The lowest BCUT2D eigenvalue weighted by Gasteiger charge is -2.34. The van der Waals surface area contributed by atoms with Gasteiger partial charge in [-0.05, 0) is 42.8 Å². The lowest BCUT2D eigenvalue weighted by Crippen LogP contribution is -2.48. The molecule has 0 aliphatic carbocycles. The van der Waals surface area contributed by atoms with E-state index in [1.807, 2.05) is 47.4 Å². The van der Waals surface area contributed by atoms with Gasteiger partial charge >= 0.3 is 0 Å². The minimum atomic E-state index is 0.0571. The lowest BCUT2D eigenvalue weighted by atomic mass is 10.1. The number of hydrogen-bond acceptors (Lipinski definition) is 5. The van der Waals surface area contributed by atoms with E-state index in [4.69, 9.17) is 21.3 Å². The van der Waals surface area contributed by atoms with Gasteiger partial charge in [0, 0.05) is 36.8 Å². The number of rotatable bonds is 6. The Kier molecular flexibility index (Phi) is 6.21. The Balaban J connectivity index is 1.38. The van der Waals surface area contributed by atoms with Gasteiger partial charge < -0.3 is 14.5 Å². The molecular formula is C22H24ClN3O2S. The topological polar surface area (TPSA) is 45.7 Å². The third-order valence-electron chi connectivity index (χ3n) is 5.02. The first-order chi connectivity index (χ1) is 14.1. The van der Waals surface area contributed by atoms with Crippen LogP contribution in [0, 0.1) is 0 Å². The summed E-state index contributed by atoms with van der Waals surface area (Å²) in [4.78, 5) is 21.8. The van der Waals surface area contributed by atoms with Crippen LogP contribution in [0.5, 0.6) is 5.75 Å². The van der Waals surface area contributed by atoms with Crippen LogP contribution in [0.2, 0.25) is 5.02 Å². The molecule has 1 aromatic heterocycles. The van der Waals surface area contributed by atoms with Gasteiger partial charge in [0.25, 0.3) is 5.91 Å². The highest BCUT2D eigenvalue weighted by Crippen LogP contribution is 2.31. The number of halogens is 1. The molecule has 0 radical (unpaired) electrons. The third-order valence-corrected chi connectivity index (χ3v) is 6.34. The number of hydrogen-bond donors (Lipinski definition) is 0. The summed E-state index contributed by atoms with van der Waals surface area (Å²) < 4.78 is 6.83. The van der Waals surface area contributed by atoms with Crippen molar-refractivity contribution in [1.29, 1.82) is 0 Å². The summed E-state index contributed by atoms with van der Waals surface area (Å²) in [6, 6.07) is 13.3. The van der Waals surface area contributed by atoms with Gasteiger partial charge in [0.2, 0.25) is 0 Å². The standard InChI is InChI=1S/C22H24ClN3O2S/c1-2-3-13-28-18-6-4-5-16(14-18)21(27)25-9-11-26(12-10-25)22-24-19-8-7-17(23)15-20(19)29-22/h4-8,14-15H,2-3,9-13H2,1H3. The van der Waals surface area contributed by atoms with Crippen molar-refractivity contribution in [3.05, 3.63) is 53.1 Å². The van der Waals surface area contributed by atoms with Crippen molar-refractivity contribution < 1.29 is 9.53 Å². The number of aromatic nitrogens is 1. The van der Waals surface area contributed by atoms with Crippen molar-refractivity contribution in [3.63, 3.8) is 0 Å². The molecule has 0 bridgehead atoms. The number of thiazole rings is 1. The molecular weight excluding hydrogens is 406 g/mol. The van der Waals surface area contributed by atoms with E-state index in [0.29, 0.717) is 25.3 Å². The fourth-order valence-electron chi connectivity index (χ4n) is 3.36. The number of ether oxygens (including phenoxy) is 1. The smallest absolute Gasteiger partial charge is 0.254 e. The van der Waals surface area contributed by atoms with Crippen LogP contribution in [0.3, 0.4) is 0 Å². The number of carbonyl (C=O) groups is 1. The van der Waals surface area contributed by atoms with Crippen molar-refractivity contribution >= 4 is 44.2 Å². The van der Waals surface area contributed by atoms with Crippen molar-refractivity contribution in [2.45, 2.75) is 19.8 Å². The van der Waals surface area contributed by atoms with Crippen LogP contribution in [0.1, 0.15) is 30.1 Å². The normalized spacial score (nSPS) is 14.4. The second kappa shape index (κ2) is 9.01. The SMILES string of the molecule is CCCCOc1cccc(C(=O)N2CCN(c3nc4ccc(Cl)cc4s3)CC2)c1. The maximum Gasteiger partial charge on any atom is 0.254 e. The molecule has 0 atom stereocenters. The second-order valence-electron chi connectivity index (χ2n) is 7.12. The molecule has 0 N–H and O–H groups in total. The third kappa shape index (κ3) is 4.65. The van der Waals surface area contributed by atoms with Crippen LogP contribution in [-0.2, 0) is 0 Å². The fourth-order valence-corrected chi connectivity index (χ4v) is 4.65. The van der Waals surface area contributed by atoms with Crippen LogP contribution in [0.4, 0.5) is 5.13 Å². The van der Waals surface area contributed by atoms with Crippen LogP contribution < -0.4 is 9.64 Å². The predicted molar refractivity (Wildman–Crippen MR) is 120 cm³/mol. The van der Waals surface area contributed by atoms with Gasteiger partial charge in [0.05, 0.1) is 16.8 Å². The fraction of sp³-hybridized carbons (Fsp3) is 0.364. The Hall–Kier alpha value is -2.31. The van der Waals surface area contributed by atoms with Gasteiger partial charge in [-0.3, -0.25) is 4.79 Å². The van der Waals surface area contributed by atoms with Crippen LogP contribution in [0.25, 0.3) is 10.2 Å². The zero-order valence-corrected chi connectivity index (χ0v) is 18.0. The van der Waals surface area contributed by atoms with Crippen molar-refractivity contribution in [2.75, 3.05) is 37.7 Å². The van der Waals surface area contributed by atoms with Crippen molar-refractivity contribution in [2.24, 2.45) is 0 Å². The molecule has 1 fully saturated rings. The molecule has 3 aromatic rings. The average Bonchev–Trinajstić information content (AvgIpc) is 3.17. The number of unbranched alkanes of at least 4 members (excludes halogenated alkanes) is 1. The molecule has 4 rings (SSSR count). The van der Waals surface area contributed by atoms with Gasteiger partial charge in [-0.1, -0.05) is 42.3 Å². The van der Waals surface area contributed by atoms with E-state index in [2.05, 4.69) is 11.8 Å². The van der Waals surface area contributed by atoms with E-state index in [9.17, 15) is 4.79 Å². The zero-order chi connectivity index (χ0) is 20.2. The number of anilines is 1. The summed E-state index contributed by atoms with van der Waals surface area (Å²) in [5.74, 6) is 0.817. The van der Waals surface area contributed by atoms with E-state index < -0.39 is 0 Å². The summed E-state index contributed by atoms with van der Waals surface area (Å²) >= 11 is 7.73. The first-order valence-electron chi connectivity index (χ1n) is 9.97. The summed E-state index contributed by atoms with van der Waals surface area (Å²) in [5.41, 5.74) is 1.65. The summed E-state index contributed by atoms with van der Waals surface area (Å²) in [7, 11) is 0. The highest BCUT2D eigenvalue weighted by Gasteiger charge is 2.24. The lowest BCUT2D eigenvalue weighted by molar-refractivity contribution is 0.0746. The Morgan fingerprint density at radius 1 is 1.17 bits per heavy atom. The second-order valence-corrected chi connectivity index (χ2v) is 8.56. The molecule has 2 aromatic carbocycles. The highest BCUT2D eigenvalue weighted by molar-refractivity contribution is 7.22. The monoisotopic (exact) mass is 429 g/mol. The van der Waals surface area contributed by atoms with Gasteiger partial charge in [-0.2, -0.15) is 0 Å². The number of benzene rings is 2. The summed E-state index contributed by atoms with van der Waals surface area (Å²) in [5, 5.41) is 1.71. The first kappa shape index (κ1) is 20.0. The highest BCUT2D eigenvalue weighted by atomic mass is 35.5. The van der Waals surface area contributed by atoms with Crippen molar-refractivity contribution in [1.82, 2.24) is 9.88 Å². The van der Waals surface area contributed by atoms with Crippen LogP contribution >= 0.6 is 22.9 Å². The van der Waals surface area contributed by atoms with E-state index >= 15 is 0 Å². The zero-order valence-electron chi connectivity index (χ0n) is 16.4. The molecule has 1 aliphatic heterocycles. The van der Waals surface area contributed by atoms with Gasteiger partial charge in [-0.15, -0.1) is 0 Å². The molecule has 7 heteroatoms. The van der Waals surface area contributed by atoms with Crippen LogP contribution in [0.15, 0.2) is 42.5 Å². The molecule has 0 spiro atoms. The average molecular weight is 430 g/mol. The number of piperazine rings is 1. The quantitative estimate of drug-likeness (QED) is 0.512. The first-order valence-corrected chi connectivity index (χ1v) is 11.2. The number of carbonyl (C=O) groups excluding carboxylic acids is 1. The van der Waals surface area contributed by atoms with E-state index in [1.54, 1.807) is 11.3 Å². The molecule has 29 heavy (non-hydrogen) atoms.